The molecule has 23 heavy (non-hydrogen) atoms. The zero-order valence-corrected chi connectivity index (χ0v) is 14.1. The van der Waals surface area contributed by atoms with Crippen LogP contribution in [0.3, 0.4) is 0 Å². The van der Waals surface area contributed by atoms with Crippen LogP contribution in [0.15, 0.2) is 53.7 Å². The monoisotopic (exact) mass is 313 g/mol. The fourth-order valence-electron chi connectivity index (χ4n) is 2.08. The first-order valence-corrected chi connectivity index (χ1v) is 7.63. The Morgan fingerprint density at radius 1 is 0.870 bits per heavy atom. The van der Waals surface area contributed by atoms with E-state index in [2.05, 4.69) is 19.0 Å². The van der Waals surface area contributed by atoms with E-state index in [9.17, 15) is 0 Å². The first kappa shape index (κ1) is 16.9. The minimum atomic E-state index is 0.500. The van der Waals surface area contributed by atoms with Gasteiger partial charge in [0, 0.05) is 11.1 Å². The number of hydrogen-bond donors (Lipinski definition) is 0. The second-order valence-electron chi connectivity index (χ2n) is 5.58. The molecule has 0 radical (unpaired) electrons. The third-order valence-corrected chi connectivity index (χ3v) is 3.26. The molecule has 0 spiro atoms. The summed E-state index contributed by atoms with van der Waals surface area (Å²) in [6.07, 6.45) is 0. The average molecular weight is 313 g/mol. The van der Waals surface area contributed by atoms with Crippen molar-refractivity contribution in [2.24, 2.45) is 11.1 Å². The normalized spacial score (nSPS) is 11.4. The summed E-state index contributed by atoms with van der Waals surface area (Å²) in [4.78, 5) is 5.00. The molecule has 122 valence electrons. The highest BCUT2D eigenvalue weighted by atomic mass is 16.6. The maximum absolute atomic E-state index is 5.71. The molecule has 0 fully saturated rings. The summed E-state index contributed by atoms with van der Waals surface area (Å²) in [5, 5.41) is 4.16. The van der Waals surface area contributed by atoms with Gasteiger partial charge in [-0.3, -0.25) is 0 Å². The van der Waals surface area contributed by atoms with E-state index in [1.165, 1.54) is 0 Å². The van der Waals surface area contributed by atoms with Gasteiger partial charge in [0.05, 0.1) is 13.7 Å². The van der Waals surface area contributed by atoms with Gasteiger partial charge in [-0.15, -0.1) is 0 Å². The second kappa shape index (κ2) is 8.22. The Labute approximate surface area is 137 Å². The molecule has 4 nitrogen and oxygen atoms in total. The smallest absolute Gasteiger partial charge is 0.119 e. The molecule has 2 aromatic carbocycles. The number of benzene rings is 2. The van der Waals surface area contributed by atoms with Crippen LogP contribution in [-0.4, -0.2) is 26.5 Å². The minimum absolute atomic E-state index is 0.500. The fraction of sp³-hybridized carbons (Fsp3) is 0.316. The third kappa shape index (κ3) is 4.74. The quantitative estimate of drug-likeness (QED) is 0.570. The van der Waals surface area contributed by atoms with Crippen molar-refractivity contribution in [1.29, 1.82) is 0 Å². The summed E-state index contributed by atoms with van der Waals surface area (Å²) in [6.45, 7) is 4.96. The number of ether oxygens (including phenoxy) is 2. The summed E-state index contributed by atoms with van der Waals surface area (Å²) in [5.41, 5.74) is 2.70. The Bertz CT molecular complexity index is 631. The van der Waals surface area contributed by atoms with Gasteiger partial charge in [-0.25, -0.2) is 0 Å². The van der Waals surface area contributed by atoms with E-state index in [0.717, 1.165) is 28.3 Å². The van der Waals surface area contributed by atoms with Crippen LogP contribution < -0.4 is 9.47 Å². The van der Waals surface area contributed by atoms with Gasteiger partial charge < -0.3 is 14.3 Å². The van der Waals surface area contributed by atoms with Crippen molar-refractivity contribution in [2.75, 3.05) is 20.8 Å². The molecule has 0 N–H and O–H groups in total. The Kier molecular flexibility index (Phi) is 6.03. The van der Waals surface area contributed by atoms with E-state index in [0.29, 0.717) is 12.5 Å². The standard InChI is InChI=1S/C19H23NO3/c1-14(2)13-23-18-11-7-16(8-12-18)19(20-22-4)15-5-9-17(21-3)10-6-15/h5-12,14H,13H2,1-4H3. The molecular weight excluding hydrogens is 290 g/mol. The Hall–Kier alpha value is -2.49. The van der Waals surface area contributed by atoms with Crippen LogP contribution in [0.25, 0.3) is 0 Å². The summed E-state index contributed by atoms with van der Waals surface area (Å²) in [7, 11) is 3.19. The Morgan fingerprint density at radius 3 is 1.83 bits per heavy atom. The van der Waals surface area contributed by atoms with Gasteiger partial charge in [-0.1, -0.05) is 19.0 Å². The lowest BCUT2D eigenvalue weighted by molar-refractivity contribution is 0.214. The van der Waals surface area contributed by atoms with Crippen molar-refractivity contribution in [3.8, 4) is 11.5 Å². The lowest BCUT2D eigenvalue weighted by Gasteiger charge is -2.10. The van der Waals surface area contributed by atoms with Crippen molar-refractivity contribution in [3.63, 3.8) is 0 Å². The van der Waals surface area contributed by atoms with Crippen molar-refractivity contribution >= 4 is 5.71 Å². The number of hydrogen-bond acceptors (Lipinski definition) is 4. The zero-order chi connectivity index (χ0) is 16.7. The first-order chi connectivity index (χ1) is 11.1. The molecule has 0 bridgehead atoms. The van der Waals surface area contributed by atoms with E-state index in [-0.39, 0.29) is 0 Å². The number of oxime groups is 1. The SMILES string of the molecule is CON=C(c1ccc(OC)cc1)c1ccc(OCC(C)C)cc1. The van der Waals surface area contributed by atoms with Crippen LogP contribution in [0.1, 0.15) is 25.0 Å². The number of nitrogens with zero attached hydrogens (tertiary/aromatic N) is 1. The van der Waals surface area contributed by atoms with Gasteiger partial charge in [-0.2, -0.15) is 0 Å². The lowest BCUT2D eigenvalue weighted by atomic mass is 10.0. The van der Waals surface area contributed by atoms with Gasteiger partial charge in [0.2, 0.25) is 0 Å². The topological polar surface area (TPSA) is 40.0 Å². The molecule has 0 amide bonds. The fourth-order valence-corrected chi connectivity index (χ4v) is 2.08. The molecule has 4 heteroatoms. The van der Waals surface area contributed by atoms with E-state index in [4.69, 9.17) is 14.3 Å². The van der Waals surface area contributed by atoms with E-state index in [1.54, 1.807) is 14.2 Å². The van der Waals surface area contributed by atoms with Crippen LogP contribution in [0.2, 0.25) is 0 Å². The highest BCUT2D eigenvalue weighted by Gasteiger charge is 2.09. The third-order valence-electron chi connectivity index (χ3n) is 3.26. The molecule has 0 unspecified atom stereocenters. The van der Waals surface area contributed by atoms with Crippen LogP contribution in [-0.2, 0) is 4.84 Å². The average Bonchev–Trinajstić information content (AvgIpc) is 2.58. The van der Waals surface area contributed by atoms with Crippen molar-refractivity contribution < 1.29 is 14.3 Å². The zero-order valence-electron chi connectivity index (χ0n) is 14.1. The van der Waals surface area contributed by atoms with Crippen molar-refractivity contribution in [2.45, 2.75) is 13.8 Å². The number of rotatable bonds is 7. The molecule has 0 saturated heterocycles. The molecule has 0 aliphatic rings. The maximum Gasteiger partial charge on any atom is 0.119 e. The summed E-state index contributed by atoms with van der Waals surface area (Å²) in [5.74, 6) is 2.16. The Morgan fingerprint density at radius 2 is 1.39 bits per heavy atom. The molecular formula is C19H23NO3. The van der Waals surface area contributed by atoms with Gasteiger partial charge in [-0.05, 0) is 54.4 Å². The molecule has 0 aromatic heterocycles. The highest BCUT2D eigenvalue weighted by molar-refractivity contribution is 6.12. The first-order valence-electron chi connectivity index (χ1n) is 7.63. The second-order valence-corrected chi connectivity index (χ2v) is 5.58. The Balaban J connectivity index is 2.22. The summed E-state index contributed by atoms with van der Waals surface area (Å²) < 4.78 is 10.9. The number of methoxy groups -OCH3 is 1. The van der Waals surface area contributed by atoms with E-state index >= 15 is 0 Å². The van der Waals surface area contributed by atoms with Crippen LogP contribution in [0, 0.1) is 5.92 Å². The minimum Gasteiger partial charge on any atom is -0.497 e. The molecule has 2 rings (SSSR count). The molecule has 0 heterocycles. The van der Waals surface area contributed by atoms with E-state index in [1.807, 2.05) is 48.5 Å². The van der Waals surface area contributed by atoms with Gasteiger partial charge in [0.1, 0.15) is 24.3 Å². The molecule has 0 aliphatic heterocycles. The molecule has 2 aromatic rings. The van der Waals surface area contributed by atoms with E-state index < -0.39 is 0 Å². The van der Waals surface area contributed by atoms with Crippen molar-refractivity contribution in [3.05, 3.63) is 59.7 Å². The highest BCUT2D eigenvalue weighted by Crippen LogP contribution is 2.19. The van der Waals surface area contributed by atoms with Crippen LogP contribution in [0.5, 0.6) is 11.5 Å². The van der Waals surface area contributed by atoms with Gasteiger partial charge >= 0.3 is 0 Å². The predicted octanol–water partition coefficient (Wildman–Crippen LogP) is 4.13. The summed E-state index contributed by atoms with van der Waals surface area (Å²) >= 11 is 0. The molecule has 0 atom stereocenters. The lowest BCUT2D eigenvalue weighted by Crippen LogP contribution is -2.06. The predicted molar refractivity (Wildman–Crippen MR) is 92.4 cm³/mol. The largest absolute Gasteiger partial charge is 0.497 e. The van der Waals surface area contributed by atoms with Gasteiger partial charge in [0.15, 0.2) is 0 Å². The van der Waals surface area contributed by atoms with Gasteiger partial charge in [0.25, 0.3) is 0 Å². The molecule has 0 saturated carbocycles. The molecule has 0 aliphatic carbocycles. The summed E-state index contributed by atoms with van der Waals surface area (Å²) in [6, 6.07) is 15.6. The maximum atomic E-state index is 5.71. The van der Waals surface area contributed by atoms with Crippen LogP contribution >= 0.6 is 0 Å². The van der Waals surface area contributed by atoms with Crippen LogP contribution in [0.4, 0.5) is 0 Å². The van der Waals surface area contributed by atoms with Crippen molar-refractivity contribution in [1.82, 2.24) is 0 Å².